The number of benzene rings is 9. The zero-order chi connectivity index (χ0) is 34.5. The average Bonchev–Trinajstić information content (AvgIpc) is 3.72. The van der Waals surface area contributed by atoms with E-state index in [1.165, 1.54) is 122 Å². The number of fused-ring (bicyclic) bond motifs is 7. The molecule has 0 radical (unpaired) electrons. The maximum absolute atomic E-state index is 2.52. The van der Waals surface area contributed by atoms with Gasteiger partial charge >= 0.3 is 0 Å². The summed E-state index contributed by atoms with van der Waals surface area (Å²) in [6.07, 6.45) is 0. The van der Waals surface area contributed by atoms with Crippen LogP contribution < -0.4 is 0 Å². The van der Waals surface area contributed by atoms with Gasteiger partial charge in [-0.25, -0.2) is 0 Å². The first-order valence-electron chi connectivity index (χ1n) is 18.3. The molecule has 9 aromatic rings. The molecule has 0 unspecified atom stereocenters. The largest absolute Gasteiger partial charge is 0.0622 e. The standard InChI is InChI=1S/C52H34/c1-31-30-42-50-44(52-46(36-23-13-6-14-24-36)40-26-16-15-25-39(40)45(51(42)52)35-21-11-5-12-22-35)32(2)29-41-47-37(33-17-7-3-8-18-33)27-28-38(34-19-9-4-10-20-34)48(47)43(31)49(41)50/h3-30H,1-2H3. The van der Waals surface area contributed by atoms with Crippen LogP contribution in [0.1, 0.15) is 11.1 Å². The molecule has 0 N–H and O–H groups in total. The molecule has 242 valence electrons. The van der Waals surface area contributed by atoms with Crippen LogP contribution in [0, 0.1) is 13.8 Å². The number of hydrogen-bond acceptors (Lipinski definition) is 0. The summed E-state index contributed by atoms with van der Waals surface area (Å²) in [5.74, 6) is 0. The molecule has 0 heterocycles. The van der Waals surface area contributed by atoms with Crippen LogP contribution in [-0.2, 0) is 0 Å². The van der Waals surface area contributed by atoms with Crippen LogP contribution in [0.15, 0.2) is 170 Å². The van der Waals surface area contributed by atoms with Crippen molar-refractivity contribution in [3.8, 4) is 89.0 Å². The molecule has 0 atom stereocenters. The molecule has 0 amide bonds. The normalized spacial score (nSPS) is 12.0. The van der Waals surface area contributed by atoms with E-state index < -0.39 is 0 Å². The SMILES string of the molecule is Cc1cc2c3c(c(C)cc4c3c1-c1c(-c3ccccc3)ccc(-c3ccccc3)c1-4)-c1c-2c(-c2ccccc2)c2ccccc2c1-c1ccccc1. The van der Waals surface area contributed by atoms with Crippen molar-refractivity contribution < 1.29 is 0 Å². The zero-order valence-electron chi connectivity index (χ0n) is 29.2. The van der Waals surface area contributed by atoms with Crippen LogP contribution in [0.3, 0.4) is 0 Å². The third-order valence-electron chi connectivity index (χ3n) is 11.6. The molecule has 0 fully saturated rings. The van der Waals surface area contributed by atoms with E-state index >= 15 is 0 Å². The van der Waals surface area contributed by atoms with E-state index in [0.717, 1.165) is 0 Å². The first kappa shape index (κ1) is 29.3. The van der Waals surface area contributed by atoms with Gasteiger partial charge in [0.05, 0.1) is 0 Å². The second-order valence-electron chi connectivity index (χ2n) is 14.4. The summed E-state index contributed by atoms with van der Waals surface area (Å²) in [6, 6.07) is 62.8. The lowest BCUT2D eigenvalue weighted by Gasteiger charge is -2.21. The predicted octanol–water partition coefficient (Wildman–Crippen LogP) is 14.6. The Labute approximate surface area is 304 Å². The zero-order valence-corrected chi connectivity index (χ0v) is 29.2. The maximum atomic E-state index is 2.52. The Morgan fingerprint density at radius 2 is 0.615 bits per heavy atom. The summed E-state index contributed by atoms with van der Waals surface area (Å²) in [6.45, 7) is 4.68. The van der Waals surface area contributed by atoms with E-state index in [1.54, 1.807) is 0 Å². The van der Waals surface area contributed by atoms with Gasteiger partial charge < -0.3 is 0 Å². The Balaban J connectivity index is 1.35. The molecule has 52 heavy (non-hydrogen) atoms. The fourth-order valence-electron chi connectivity index (χ4n) is 9.57. The number of hydrogen-bond donors (Lipinski definition) is 0. The van der Waals surface area contributed by atoms with Crippen LogP contribution >= 0.6 is 0 Å². The molecule has 9 aromatic carbocycles. The van der Waals surface area contributed by atoms with E-state index in [0.29, 0.717) is 0 Å². The molecule has 0 spiro atoms. The van der Waals surface area contributed by atoms with Gasteiger partial charge in [-0.2, -0.15) is 0 Å². The second kappa shape index (κ2) is 11.0. The van der Waals surface area contributed by atoms with Gasteiger partial charge in [0.15, 0.2) is 0 Å². The Morgan fingerprint density at radius 1 is 0.250 bits per heavy atom. The van der Waals surface area contributed by atoms with Crippen molar-refractivity contribution >= 4 is 21.5 Å². The lowest BCUT2D eigenvalue weighted by molar-refractivity contribution is 1.50. The molecule has 0 bridgehead atoms. The first-order chi connectivity index (χ1) is 25.7. The van der Waals surface area contributed by atoms with Crippen molar-refractivity contribution in [3.63, 3.8) is 0 Å². The van der Waals surface area contributed by atoms with E-state index in [9.17, 15) is 0 Å². The summed E-state index contributed by atoms with van der Waals surface area (Å²) < 4.78 is 0. The molecule has 11 rings (SSSR count). The molecule has 0 aromatic heterocycles. The van der Waals surface area contributed by atoms with Crippen LogP contribution in [0.4, 0.5) is 0 Å². The smallest absolute Gasteiger partial charge is 0.000473 e. The lowest BCUT2D eigenvalue weighted by atomic mass is 9.81. The van der Waals surface area contributed by atoms with Gasteiger partial charge in [0, 0.05) is 0 Å². The van der Waals surface area contributed by atoms with Crippen LogP contribution in [-0.4, -0.2) is 0 Å². The average molecular weight is 659 g/mol. The fraction of sp³-hybridized carbons (Fsp3) is 0.0385. The third kappa shape index (κ3) is 3.92. The summed E-state index contributed by atoms with van der Waals surface area (Å²) >= 11 is 0. The molecular formula is C52H34. The summed E-state index contributed by atoms with van der Waals surface area (Å²) in [5.41, 5.74) is 23.8. The Kier molecular flexibility index (Phi) is 6.19. The van der Waals surface area contributed by atoms with Crippen molar-refractivity contribution in [1.82, 2.24) is 0 Å². The highest BCUT2D eigenvalue weighted by molar-refractivity contribution is 6.34. The fourth-order valence-corrected chi connectivity index (χ4v) is 9.57. The van der Waals surface area contributed by atoms with Gasteiger partial charge in [-0.15, -0.1) is 0 Å². The molecule has 0 heteroatoms. The molecule has 0 saturated heterocycles. The highest BCUT2D eigenvalue weighted by Gasteiger charge is 2.37. The highest BCUT2D eigenvalue weighted by atomic mass is 14.4. The quantitative estimate of drug-likeness (QED) is 0.177. The van der Waals surface area contributed by atoms with Gasteiger partial charge in [0.25, 0.3) is 0 Å². The first-order valence-corrected chi connectivity index (χ1v) is 18.3. The summed E-state index contributed by atoms with van der Waals surface area (Å²) in [5, 5.41) is 5.38. The Bertz CT molecular complexity index is 2920. The van der Waals surface area contributed by atoms with E-state index in [4.69, 9.17) is 0 Å². The van der Waals surface area contributed by atoms with Crippen LogP contribution in [0.5, 0.6) is 0 Å². The lowest BCUT2D eigenvalue weighted by Crippen LogP contribution is -1.94. The predicted molar refractivity (Wildman–Crippen MR) is 222 cm³/mol. The van der Waals surface area contributed by atoms with Crippen molar-refractivity contribution in [2.24, 2.45) is 0 Å². The Hall–Kier alpha value is -6.50. The minimum absolute atomic E-state index is 1.25. The molecule has 2 aliphatic rings. The monoisotopic (exact) mass is 658 g/mol. The van der Waals surface area contributed by atoms with Gasteiger partial charge in [0.2, 0.25) is 0 Å². The van der Waals surface area contributed by atoms with Crippen LogP contribution in [0.2, 0.25) is 0 Å². The minimum atomic E-state index is 1.25. The molecule has 0 aliphatic heterocycles. The van der Waals surface area contributed by atoms with Gasteiger partial charge in [-0.3, -0.25) is 0 Å². The van der Waals surface area contributed by atoms with Crippen molar-refractivity contribution in [1.29, 1.82) is 0 Å². The topological polar surface area (TPSA) is 0 Å². The third-order valence-corrected chi connectivity index (χ3v) is 11.6. The van der Waals surface area contributed by atoms with E-state index in [2.05, 4.69) is 184 Å². The van der Waals surface area contributed by atoms with Gasteiger partial charge in [0.1, 0.15) is 0 Å². The molecule has 0 saturated carbocycles. The van der Waals surface area contributed by atoms with Crippen molar-refractivity contribution in [3.05, 3.63) is 181 Å². The Morgan fingerprint density at radius 3 is 1.10 bits per heavy atom. The summed E-state index contributed by atoms with van der Waals surface area (Å²) in [7, 11) is 0. The number of aryl methyl sites for hydroxylation is 2. The van der Waals surface area contributed by atoms with Crippen molar-refractivity contribution in [2.45, 2.75) is 13.8 Å². The van der Waals surface area contributed by atoms with Crippen LogP contribution in [0.25, 0.3) is 111 Å². The molecule has 2 aliphatic carbocycles. The summed E-state index contributed by atoms with van der Waals surface area (Å²) in [4.78, 5) is 0. The second-order valence-corrected chi connectivity index (χ2v) is 14.4. The van der Waals surface area contributed by atoms with E-state index in [-0.39, 0.29) is 0 Å². The highest BCUT2D eigenvalue weighted by Crippen LogP contribution is 2.64. The maximum Gasteiger partial charge on any atom is -0.000473 e. The van der Waals surface area contributed by atoms with Gasteiger partial charge in [-0.05, 0) is 136 Å². The van der Waals surface area contributed by atoms with E-state index in [1.807, 2.05) is 0 Å². The molecular weight excluding hydrogens is 625 g/mol. The van der Waals surface area contributed by atoms with Crippen molar-refractivity contribution in [2.75, 3.05) is 0 Å². The minimum Gasteiger partial charge on any atom is -0.0622 e. The van der Waals surface area contributed by atoms with Gasteiger partial charge in [-0.1, -0.05) is 170 Å². The number of rotatable bonds is 4. The molecule has 0 nitrogen and oxygen atoms in total.